The Morgan fingerprint density at radius 1 is 1.43 bits per heavy atom. The number of benzene rings is 1. The van der Waals surface area contributed by atoms with Gasteiger partial charge in [-0.3, -0.25) is 9.40 Å². The Bertz CT molecular complexity index is 697. The highest BCUT2D eigenvalue weighted by Crippen LogP contribution is 2.20. The van der Waals surface area contributed by atoms with Gasteiger partial charge in [0.2, 0.25) is 0 Å². The van der Waals surface area contributed by atoms with E-state index in [-0.39, 0.29) is 11.5 Å². The molecule has 1 aromatic carbocycles. The SMILES string of the molecule is COc1cccc(NS(=O)(=O)c2cnn(CCCO)c2)c1. The minimum atomic E-state index is -3.69. The van der Waals surface area contributed by atoms with Gasteiger partial charge in [0.15, 0.2) is 0 Å². The fourth-order valence-electron chi connectivity index (χ4n) is 1.74. The van der Waals surface area contributed by atoms with Crippen molar-refractivity contribution < 1.29 is 18.3 Å². The highest BCUT2D eigenvalue weighted by molar-refractivity contribution is 7.92. The first-order valence-electron chi connectivity index (χ1n) is 6.35. The molecule has 2 aromatic rings. The van der Waals surface area contributed by atoms with Gasteiger partial charge in [-0.25, -0.2) is 8.42 Å². The molecule has 0 saturated heterocycles. The van der Waals surface area contributed by atoms with Gasteiger partial charge in [-0.2, -0.15) is 5.10 Å². The minimum Gasteiger partial charge on any atom is -0.497 e. The number of aryl methyl sites for hydroxylation is 1. The molecule has 0 spiro atoms. The monoisotopic (exact) mass is 311 g/mol. The van der Waals surface area contributed by atoms with Crippen LogP contribution >= 0.6 is 0 Å². The Morgan fingerprint density at radius 3 is 2.95 bits per heavy atom. The summed E-state index contributed by atoms with van der Waals surface area (Å²) in [7, 11) is -2.18. The predicted octanol–water partition coefficient (Wildman–Crippen LogP) is 1.07. The van der Waals surface area contributed by atoms with Crippen LogP contribution in [0.3, 0.4) is 0 Å². The maximum absolute atomic E-state index is 12.2. The molecule has 7 nitrogen and oxygen atoms in total. The summed E-state index contributed by atoms with van der Waals surface area (Å²) < 4.78 is 33.5. The molecule has 0 radical (unpaired) electrons. The number of methoxy groups -OCH3 is 1. The molecule has 0 aliphatic carbocycles. The van der Waals surface area contributed by atoms with Gasteiger partial charge in [0.25, 0.3) is 10.0 Å². The molecule has 0 aliphatic heterocycles. The van der Waals surface area contributed by atoms with E-state index in [0.29, 0.717) is 24.4 Å². The number of anilines is 1. The normalized spacial score (nSPS) is 11.3. The van der Waals surface area contributed by atoms with Gasteiger partial charge in [-0.15, -0.1) is 0 Å². The van der Waals surface area contributed by atoms with Gasteiger partial charge < -0.3 is 9.84 Å². The highest BCUT2D eigenvalue weighted by Gasteiger charge is 2.16. The van der Waals surface area contributed by atoms with Crippen molar-refractivity contribution in [3.05, 3.63) is 36.7 Å². The van der Waals surface area contributed by atoms with Gasteiger partial charge >= 0.3 is 0 Å². The van der Waals surface area contributed by atoms with Crippen LogP contribution in [0.2, 0.25) is 0 Å². The van der Waals surface area contributed by atoms with Gasteiger partial charge in [0.05, 0.1) is 19.0 Å². The quantitative estimate of drug-likeness (QED) is 0.798. The van der Waals surface area contributed by atoms with Crippen molar-refractivity contribution in [2.24, 2.45) is 0 Å². The lowest BCUT2D eigenvalue weighted by atomic mass is 10.3. The number of sulfonamides is 1. The van der Waals surface area contributed by atoms with E-state index in [1.165, 1.54) is 24.2 Å². The summed E-state index contributed by atoms with van der Waals surface area (Å²) in [6.45, 7) is 0.495. The molecule has 8 heteroatoms. The third-order valence-electron chi connectivity index (χ3n) is 2.79. The number of ether oxygens (including phenoxy) is 1. The highest BCUT2D eigenvalue weighted by atomic mass is 32.2. The van der Waals surface area contributed by atoms with Crippen LogP contribution in [0.1, 0.15) is 6.42 Å². The van der Waals surface area contributed by atoms with Crippen LogP contribution in [0.25, 0.3) is 0 Å². The van der Waals surface area contributed by atoms with Gasteiger partial charge in [0.1, 0.15) is 10.6 Å². The fourth-order valence-corrected chi connectivity index (χ4v) is 2.74. The zero-order chi connectivity index (χ0) is 15.3. The molecule has 0 fully saturated rings. The topological polar surface area (TPSA) is 93.5 Å². The van der Waals surface area contributed by atoms with Gasteiger partial charge in [-0.05, 0) is 18.6 Å². The molecular weight excluding hydrogens is 294 g/mol. The van der Waals surface area contributed by atoms with Crippen LogP contribution in [0.15, 0.2) is 41.6 Å². The Morgan fingerprint density at radius 2 is 2.24 bits per heavy atom. The summed E-state index contributed by atoms with van der Waals surface area (Å²) in [5, 5.41) is 12.7. The van der Waals surface area contributed by atoms with Crippen LogP contribution in [0, 0.1) is 0 Å². The van der Waals surface area contributed by atoms with E-state index < -0.39 is 10.0 Å². The van der Waals surface area contributed by atoms with Crippen LogP contribution in [0.5, 0.6) is 5.75 Å². The zero-order valence-electron chi connectivity index (χ0n) is 11.6. The maximum atomic E-state index is 12.2. The number of aliphatic hydroxyl groups is 1. The average Bonchev–Trinajstić information content (AvgIpc) is 2.94. The van der Waals surface area contributed by atoms with E-state index in [9.17, 15) is 8.42 Å². The van der Waals surface area contributed by atoms with Crippen LogP contribution in [-0.4, -0.2) is 37.0 Å². The molecule has 0 saturated carbocycles. The molecular formula is C13H17N3O4S. The smallest absolute Gasteiger partial charge is 0.265 e. The van der Waals surface area contributed by atoms with Crippen molar-refractivity contribution in [2.45, 2.75) is 17.9 Å². The lowest BCUT2D eigenvalue weighted by Crippen LogP contribution is -2.12. The number of aromatic nitrogens is 2. The third-order valence-corrected chi connectivity index (χ3v) is 4.12. The number of hydrogen-bond acceptors (Lipinski definition) is 5. The third kappa shape index (κ3) is 3.96. The van der Waals surface area contributed by atoms with Gasteiger partial charge in [0, 0.05) is 25.4 Å². The van der Waals surface area contributed by atoms with Crippen LogP contribution < -0.4 is 9.46 Å². The zero-order valence-corrected chi connectivity index (χ0v) is 12.4. The summed E-state index contributed by atoms with van der Waals surface area (Å²) in [5.41, 5.74) is 0.414. The molecule has 21 heavy (non-hydrogen) atoms. The van der Waals surface area contributed by atoms with E-state index >= 15 is 0 Å². The molecule has 2 rings (SSSR count). The Balaban J connectivity index is 2.15. The fraction of sp³-hybridized carbons (Fsp3) is 0.308. The van der Waals surface area contributed by atoms with E-state index in [1.54, 1.807) is 24.3 Å². The Kier molecular flexibility index (Phi) is 4.81. The van der Waals surface area contributed by atoms with Crippen molar-refractivity contribution in [1.82, 2.24) is 9.78 Å². The number of nitrogens with one attached hydrogen (secondary N) is 1. The first-order valence-corrected chi connectivity index (χ1v) is 7.83. The van der Waals surface area contributed by atoms with Crippen molar-refractivity contribution in [3.8, 4) is 5.75 Å². The van der Waals surface area contributed by atoms with Gasteiger partial charge in [-0.1, -0.05) is 6.07 Å². The van der Waals surface area contributed by atoms with E-state index in [2.05, 4.69) is 9.82 Å². The van der Waals surface area contributed by atoms with Crippen LogP contribution in [-0.2, 0) is 16.6 Å². The summed E-state index contributed by atoms with van der Waals surface area (Å²) in [6, 6.07) is 6.65. The lowest BCUT2D eigenvalue weighted by Gasteiger charge is -2.07. The maximum Gasteiger partial charge on any atom is 0.265 e. The van der Waals surface area contributed by atoms with E-state index in [4.69, 9.17) is 9.84 Å². The molecule has 1 heterocycles. The molecule has 0 amide bonds. The summed E-state index contributed by atoms with van der Waals surface area (Å²) in [5.74, 6) is 0.564. The Labute approximate surface area is 123 Å². The lowest BCUT2D eigenvalue weighted by molar-refractivity contribution is 0.277. The summed E-state index contributed by atoms with van der Waals surface area (Å²) in [6.07, 6.45) is 3.22. The van der Waals surface area contributed by atoms with E-state index in [1.807, 2.05) is 0 Å². The molecule has 0 bridgehead atoms. The molecule has 2 N–H and O–H groups in total. The predicted molar refractivity (Wildman–Crippen MR) is 77.7 cm³/mol. The second-order valence-corrected chi connectivity index (χ2v) is 6.04. The second kappa shape index (κ2) is 6.59. The first kappa shape index (κ1) is 15.3. The Hall–Kier alpha value is -2.06. The minimum absolute atomic E-state index is 0.0317. The number of rotatable bonds is 7. The van der Waals surface area contributed by atoms with Crippen molar-refractivity contribution in [2.75, 3.05) is 18.4 Å². The summed E-state index contributed by atoms with van der Waals surface area (Å²) in [4.78, 5) is 0.0725. The first-order chi connectivity index (χ1) is 10.0. The van der Waals surface area contributed by atoms with E-state index in [0.717, 1.165) is 0 Å². The molecule has 0 aliphatic rings. The molecule has 114 valence electrons. The standard InChI is InChI=1S/C13H17N3O4S/c1-20-12-5-2-4-11(8-12)15-21(18,19)13-9-14-16(10-13)6-3-7-17/h2,4-5,8-10,15,17H,3,6-7H2,1H3. The van der Waals surface area contributed by atoms with Crippen molar-refractivity contribution in [3.63, 3.8) is 0 Å². The summed E-state index contributed by atoms with van der Waals surface area (Å²) >= 11 is 0. The second-order valence-electron chi connectivity index (χ2n) is 4.35. The number of aliphatic hydroxyl groups excluding tert-OH is 1. The number of hydrogen-bond donors (Lipinski definition) is 2. The van der Waals surface area contributed by atoms with Crippen molar-refractivity contribution >= 4 is 15.7 Å². The molecule has 0 unspecified atom stereocenters. The largest absolute Gasteiger partial charge is 0.497 e. The average molecular weight is 311 g/mol. The molecule has 0 atom stereocenters. The van der Waals surface area contributed by atoms with Crippen LogP contribution in [0.4, 0.5) is 5.69 Å². The van der Waals surface area contributed by atoms with Crippen molar-refractivity contribution in [1.29, 1.82) is 0 Å². The number of nitrogens with zero attached hydrogens (tertiary/aromatic N) is 2. The molecule has 1 aromatic heterocycles.